The van der Waals surface area contributed by atoms with E-state index < -0.39 is 0 Å². The van der Waals surface area contributed by atoms with Gasteiger partial charge in [-0.3, -0.25) is 4.79 Å². The summed E-state index contributed by atoms with van der Waals surface area (Å²) in [6.45, 7) is 6.10. The number of aryl methyl sites for hydroxylation is 1. The minimum absolute atomic E-state index is 0.0372. The lowest BCUT2D eigenvalue weighted by molar-refractivity contribution is -0.120. The van der Waals surface area contributed by atoms with Gasteiger partial charge in [0.1, 0.15) is 0 Å². The van der Waals surface area contributed by atoms with E-state index in [1.807, 2.05) is 56.3 Å². The highest BCUT2D eigenvalue weighted by atomic mass is 32.2. The van der Waals surface area contributed by atoms with Gasteiger partial charge in [-0.25, -0.2) is 0 Å². The Hall–Kier alpha value is -1.74. The molecule has 0 aliphatic carbocycles. The number of rotatable bonds is 6. The largest absolute Gasteiger partial charge is 0.349 e. The highest BCUT2D eigenvalue weighted by Gasteiger charge is 2.16. The van der Waals surface area contributed by atoms with Crippen molar-refractivity contribution in [1.82, 2.24) is 5.32 Å². The molecule has 0 bridgehead atoms. The first-order chi connectivity index (χ1) is 10.6. The summed E-state index contributed by atoms with van der Waals surface area (Å²) in [7, 11) is 0. The van der Waals surface area contributed by atoms with E-state index in [-0.39, 0.29) is 17.2 Å². The molecule has 2 aromatic carbocycles. The average molecular weight is 313 g/mol. The second kappa shape index (κ2) is 8.04. The third kappa shape index (κ3) is 4.63. The second-order valence-corrected chi connectivity index (χ2v) is 6.85. The molecule has 0 saturated carbocycles. The molecular weight excluding hydrogens is 290 g/mol. The van der Waals surface area contributed by atoms with Gasteiger partial charge in [0, 0.05) is 5.75 Å². The average Bonchev–Trinajstić information content (AvgIpc) is 2.54. The maximum atomic E-state index is 12.3. The van der Waals surface area contributed by atoms with Gasteiger partial charge in [0.05, 0.1) is 11.3 Å². The van der Waals surface area contributed by atoms with Gasteiger partial charge in [-0.05, 0) is 37.5 Å². The van der Waals surface area contributed by atoms with E-state index in [0.29, 0.717) is 0 Å². The van der Waals surface area contributed by atoms with E-state index in [2.05, 4.69) is 24.4 Å². The Labute approximate surface area is 137 Å². The maximum Gasteiger partial charge on any atom is 0.233 e. The molecule has 22 heavy (non-hydrogen) atoms. The van der Waals surface area contributed by atoms with Gasteiger partial charge in [0.2, 0.25) is 5.91 Å². The highest BCUT2D eigenvalue weighted by Crippen LogP contribution is 2.21. The summed E-state index contributed by atoms with van der Waals surface area (Å²) < 4.78 is 0. The number of nitrogens with one attached hydrogen (secondary N) is 1. The fourth-order valence-electron chi connectivity index (χ4n) is 2.22. The summed E-state index contributed by atoms with van der Waals surface area (Å²) in [5, 5.41) is 3.02. The molecule has 1 N–H and O–H groups in total. The van der Waals surface area contributed by atoms with Crippen LogP contribution in [-0.4, -0.2) is 11.2 Å². The number of hydrogen-bond acceptors (Lipinski definition) is 2. The molecule has 2 unspecified atom stereocenters. The van der Waals surface area contributed by atoms with Crippen molar-refractivity contribution >= 4 is 17.7 Å². The first kappa shape index (κ1) is 16.6. The van der Waals surface area contributed by atoms with Crippen LogP contribution in [-0.2, 0) is 10.5 Å². The molecule has 2 nitrogen and oxygen atoms in total. The minimum atomic E-state index is -0.0641. The molecule has 0 aromatic heterocycles. The van der Waals surface area contributed by atoms with Crippen LogP contribution in [0.25, 0.3) is 0 Å². The third-order valence-electron chi connectivity index (χ3n) is 3.78. The van der Waals surface area contributed by atoms with Crippen molar-refractivity contribution in [2.24, 2.45) is 0 Å². The van der Waals surface area contributed by atoms with Crippen LogP contribution >= 0.6 is 11.8 Å². The Morgan fingerprint density at radius 2 is 1.68 bits per heavy atom. The molecule has 0 saturated heterocycles. The van der Waals surface area contributed by atoms with Gasteiger partial charge in [-0.1, -0.05) is 54.6 Å². The van der Waals surface area contributed by atoms with Crippen molar-refractivity contribution in [3.8, 4) is 0 Å². The van der Waals surface area contributed by atoms with Crippen molar-refractivity contribution in [3.63, 3.8) is 0 Å². The van der Waals surface area contributed by atoms with Crippen molar-refractivity contribution in [2.45, 2.75) is 37.8 Å². The Morgan fingerprint density at radius 1 is 1.05 bits per heavy atom. The van der Waals surface area contributed by atoms with Crippen LogP contribution in [0.2, 0.25) is 0 Å². The smallest absolute Gasteiger partial charge is 0.233 e. The number of hydrogen-bond donors (Lipinski definition) is 1. The molecule has 116 valence electrons. The molecule has 3 heteroatoms. The minimum Gasteiger partial charge on any atom is -0.349 e. The van der Waals surface area contributed by atoms with E-state index in [0.717, 1.165) is 11.3 Å². The van der Waals surface area contributed by atoms with Crippen LogP contribution in [0.5, 0.6) is 0 Å². The van der Waals surface area contributed by atoms with Crippen LogP contribution in [0, 0.1) is 6.92 Å². The number of benzene rings is 2. The standard InChI is InChI=1S/C19H23NOS/c1-14-9-7-8-12-18(14)13-22-16(3)19(21)20-15(2)17-10-5-4-6-11-17/h4-12,15-16H,13H2,1-3H3,(H,20,21). The lowest BCUT2D eigenvalue weighted by Crippen LogP contribution is -2.33. The molecule has 0 radical (unpaired) electrons. The van der Waals surface area contributed by atoms with E-state index in [9.17, 15) is 4.79 Å². The number of amides is 1. The van der Waals surface area contributed by atoms with Crippen molar-refractivity contribution in [3.05, 3.63) is 71.3 Å². The highest BCUT2D eigenvalue weighted by molar-refractivity contribution is 7.99. The number of thioether (sulfide) groups is 1. The molecule has 2 rings (SSSR count). The van der Waals surface area contributed by atoms with E-state index in [1.54, 1.807) is 11.8 Å². The van der Waals surface area contributed by atoms with E-state index in [4.69, 9.17) is 0 Å². The SMILES string of the molecule is Cc1ccccc1CSC(C)C(=O)NC(C)c1ccccc1. The quantitative estimate of drug-likeness (QED) is 0.851. The fourth-order valence-corrected chi connectivity index (χ4v) is 3.19. The topological polar surface area (TPSA) is 29.1 Å². The summed E-state index contributed by atoms with van der Waals surface area (Å²) in [6.07, 6.45) is 0. The molecule has 0 fully saturated rings. The van der Waals surface area contributed by atoms with Gasteiger partial charge in [0.15, 0.2) is 0 Å². The normalized spacial score (nSPS) is 13.4. The van der Waals surface area contributed by atoms with Gasteiger partial charge in [0.25, 0.3) is 0 Å². The Morgan fingerprint density at radius 3 is 2.36 bits per heavy atom. The fraction of sp³-hybridized carbons (Fsp3) is 0.316. The molecule has 2 aromatic rings. The van der Waals surface area contributed by atoms with Crippen LogP contribution in [0.4, 0.5) is 0 Å². The first-order valence-electron chi connectivity index (χ1n) is 7.59. The first-order valence-corrected chi connectivity index (χ1v) is 8.64. The van der Waals surface area contributed by atoms with Gasteiger partial charge >= 0.3 is 0 Å². The van der Waals surface area contributed by atoms with Crippen molar-refractivity contribution in [2.75, 3.05) is 0 Å². The van der Waals surface area contributed by atoms with Crippen LogP contribution in [0.3, 0.4) is 0 Å². The summed E-state index contributed by atoms with van der Waals surface area (Å²) in [5.74, 6) is 0.955. The molecule has 1 amide bonds. The van der Waals surface area contributed by atoms with Crippen molar-refractivity contribution in [1.29, 1.82) is 0 Å². The molecular formula is C19H23NOS. The Kier molecular flexibility index (Phi) is 6.08. The van der Waals surface area contributed by atoms with Gasteiger partial charge in [-0.15, -0.1) is 11.8 Å². The molecule has 0 spiro atoms. The second-order valence-electron chi connectivity index (χ2n) is 5.52. The predicted molar refractivity (Wildman–Crippen MR) is 94.9 cm³/mol. The van der Waals surface area contributed by atoms with Crippen LogP contribution < -0.4 is 5.32 Å². The summed E-state index contributed by atoms with van der Waals surface area (Å²) >= 11 is 1.68. The zero-order valence-corrected chi connectivity index (χ0v) is 14.2. The zero-order valence-electron chi connectivity index (χ0n) is 13.4. The Bertz CT molecular complexity index is 612. The number of carbonyl (C=O) groups excluding carboxylic acids is 1. The summed E-state index contributed by atoms with van der Waals surface area (Å²) in [5.41, 5.74) is 3.70. The monoisotopic (exact) mass is 313 g/mol. The van der Waals surface area contributed by atoms with E-state index >= 15 is 0 Å². The molecule has 0 heterocycles. The lowest BCUT2D eigenvalue weighted by atomic mass is 10.1. The van der Waals surface area contributed by atoms with E-state index in [1.165, 1.54) is 11.1 Å². The molecule has 0 aliphatic rings. The van der Waals surface area contributed by atoms with Crippen molar-refractivity contribution < 1.29 is 4.79 Å². The van der Waals surface area contributed by atoms with Gasteiger partial charge < -0.3 is 5.32 Å². The molecule has 0 aliphatic heterocycles. The Balaban J connectivity index is 1.86. The van der Waals surface area contributed by atoms with Crippen LogP contribution in [0.15, 0.2) is 54.6 Å². The van der Waals surface area contributed by atoms with Crippen LogP contribution in [0.1, 0.15) is 36.6 Å². The lowest BCUT2D eigenvalue weighted by Gasteiger charge is -2.18. The summed E-state index contributed by atoms with van der Waals surface area (Å²) in [6, 6.07) is 18.4. The predicted octanol–water partition coefficient (Wildman–Crippen LogP) is 4.49. The third-order valence-corrected chi connectivity index (χ3v) is 4.97. The zero-order chi connectivity index (χ0) is 15.9. The van der Waals surface area contributed by atoms with Gasteiger partial charge in [-0.2, -0.15) is 0 Å². The maximum absolute atomic E-state index is 12.3. The number of carbonyl (C=O) groups is 1. The molecule has 2 atom stereocenters. The summed E-state index contributed by atoms with van der Waals surface area (Å²) in [4.78, 5) is 12.3.